The smallest absolute Gasteiger partial charge is 0.166 e. The van der Waals surface area contributed by atoms with Gasteiger partial charge in [-0.25, -0.2) is 8.78 Å². The lowest BCUT2D eigenvalue weighted by Gasteiger charge is -2.31. The van der Waals surface area contributed by atoms with Crippen LogP contribution in [0.15, 0.2) is 47.6 Å². The van der Waals surface area contributed by atoms with Crippen LogP contribution in [0, 0.1) is 24.5 Å². The number of halogens is 2. The van der Waals surface area contributed by atoms with E-state index < -0.39 is 11.6 Å². The summed E-state index contributed by atoms with van der Waals surface area (Å²) in [5, 5.41) is 3.20. The third-order valence-corrected chi connectivity index (χ3v) is 6.52. The third kappa shape index (κ3) is 5.09. The number of benzene rings is 2. The van der Waals surface area contributed by atoms with Gasteiger partial charge in [-0.05, 0) is 54.9 Å². The number of nitrogens with zero attached hydrogens (tertiary/aromatic N) is 1. The first-order chi connectivity index (χ1) is 15.6. The van der Waals surface area contributed by atoms with Gasteiger partial charge in [0.05, 0.1) is 19.3 Å². The van der Waals surface area contributed by atoms with Gasteiger partial charge in [0, 0.05) is 17.7 Å². The molecule has 3 nitrogen and oxygen atoms in total. The van der Waals surface area contributed by atoms with Gasteiger partial charge < -0.3 is 10.1 Å². The lowest BCUT2D eigenvalue weighted by atomic mass is 9.92. The standard InChI is InChI=1S/C27H32F2N2O/c1-3-4-5-6-19-8-10-20(11-9-19)24-14-12-21(17-32-24)27-30-15-22(16-31-27)23-13-7-18(2)25(28)26(23)29/h7-11,13,15,21,24H,3-6,12,14,16-17H2,1-2H3,(H,30,31). The van der Waals surface area contributed by atoms with Crippen LogP contribution in [-0.2, 0) is 11.2 Å². The molecule has 32 heavy (non-hydrogen) atoms. The molecule has 2 aromatic carbocycles. The first kappa shape index (κ1) is 22.7. The minimum Gasteiger partial charge on any atom is -0.373 e. The average molecular weight is 439 g/mol. The molecule has 0 radical (unpaired) electrons. The van der Waals surface area contributed by atoms with Crippen LogP contribution in [0.1, 0.15) is 67.4 Å². The minimum atomic E-state index is -0.808. The highest BCUT2D eigenvalue weighted by Gasteiger charge is 2.27. The van der Waals surface area contributed by atoms with E-state index >= 15 is 0 Å². The highest BCUT2D eigenvalue weighted by molar-refractivity contribution is 5.90. The topological polar surface area (TPSA) is 33.6 Å². The van der Waals surface area contributed by atoms with E-state index in [1.165, 1.54) is 30.4 Å². The number of aliphatic imine (C=N–C) groups is 1. The van der Waals surface area contributed by atoms with E-state index in [0.29, 0.717) is 24.3 Å². The Balaban J connectivity index is 1.30. The number of ether oxygens (including phenoxy) is 1. The summed E-state index contributed by atoms with van der Waals surface area (Å²) in [5.41, 5.74) is 3.85. The van der Waals surface area contributed by atoms with Gasteiger partial charge in [0.25, 0.3) is 0 Å². The normalized spacial score (nSPS) is 21.0. The summed E-state index contributed by atoms with van der Waals surface area (Å²) in [6.07, 6.45) is 8.69. The molecule has 0 aliphatic carbocycles. The Bertz CT molecular complexity index is 989. The van der Waals surface area contributed by atoms with E-state index in [-0.39, 0.29) is 17.6 Å². The zero-order valence-electron chi connectivity index (χ0n) is 19.0. The molecular weight excluding hydrogens is 406 g/mol. The summed E-state index contributed by atoms with van der Waals surface area (Å²) in [6.45, 7) is 4.72. The monoisotopic (exact) mass is 438 g/mol. The number of aryl methyl sites for hydroxylation is 2. The van der Waals surface area contributed by atoms with E-state index in [1.54, 1.807) is 25.3 Å². The molecule has 5 heteroatoms. The number of nitrogens with one attached hydrogen (secondary N) is 1. The number of hydrogen-bond acceptors (Lipinski definition) is 3. The maximum absolute atomic E-state index is 14.3. The van der Waals surface area contributed by atoms with E-state index in [9.17, 15) is 8.78 Å². The van der Waals surface area contributed by atoms with Crippen LogP contribution >= 0.6 is 0 Å². The largest absolute Gasteiger partial charge is 0.373 e. The minimum absolute atomic E-state index is 0.121. The molecule has 2 unspecified atom stereocenters. The van der Waals surface area contributed by atoms with Crippen molar-refractivity contribution in [3.8, 4) is 0 Å². The number of amidine groups is 1. The van der Waals surface area contributed by atoms with Crippen LogP contribution in [0.25, 0.3) is 5.57 Å². The van der Waals surface area contributed by atoms with Gasteiger partial charge in [-0.2, -0.15) is 0 Å². The first-order valence-corrected chi connectivity index (χ1v) is 11.7. The predicted molar refractivity (Wildman–Crippen MR) is 126 cm³/mol. The highest BCUT2D eigenvalue weighted by Crippen LogP contribution is 2.32. The van der Waals surface area contributed by atoms with E-state index in [4.69, 9.17) is 4.74 Å². The molecule has 2 atom stereocenters. The summed E-state index contributed by atoms with van der Waals surface area (Å²) in [4.78, 5) is 4.62. The summed E-state index contributed by atoms with van der Waals surface area (Å²) < 4.78 is 34.4. The lowest BCUT2D eigenvalue weighted by molar-refractivity contribution is -0.00130. The van der Waals surface area contributed by atoms with Crippen LogP contribution in [0.4, 0.5) is 8.78 Å². The molecule has 2 aromatic rings. The molecule has 2 heterocycles. The summed E-state index contributed by atoms with van der Waals surface area (Å²) in [6, 6.07) is 12.1. The van der Waals surface area contributed by atoms with Crippen molar-refractivity contribution in [2.75, 3.05) is 13.2 Å². The van der Waals surface area contributed by atoms with Crippen LogP contribution < -0.4 is 5.32 Å². The Hall–Kier alpha value is -2.53. The zero-order valence-corrected chi connectivity index (χ0v) is 19.0. The van der Waals surface area contributed by atoms with Crippen molar-refractivity contribution < 1.29 is 13.5 Å². The molecule has 0 aromatic heterocycles. The third-order valence-electron chi connectivity index (χ3n) is 6.52. The fourth-order valence-corrected chi connectivity index (χ4v) is 4.43. The van der Waals surface area contributed by atoms with Crippen molar-refractivity contribution in [3.05, 3.63) is 76.5 Å². The Morgan fingerprint density at radius 1 is 1.03 bits per heavy atom. The van der Waals surface area contributed by atoms with Gasteiger partial charge >= 0.3 is 0 Å². The highest BCUT2D eigenvalue weighted by atomic mass is 19.2. The van der Waals surface area contributed by atoms with Crippen LogP contribution in [0.3, 0.4) is 0 Å². The summed E-state index contributed by atoms with van der Waals surface area (Å²) in [7, 11) is 0. The van der Waals surface area contributed by atoms with Gasteiger partial charge in [-0.1, -0.05) is 56.2 Å². The molecule has 0 saturated carbocycles. The quantitative estimate of drug-likeness (QED) is 0.500. The Labute approximate surface area is 189 Å². The SMILES string of the molecule is CCCCCc1ccc(C2CCC(C3=NCC(c4ccc(C)c(F)c4F)=CN3)CO2)cc1. The predicted octanol–water partition coefficient (Wildman–Crippen LogP) is 6.52. The van der Waals surface area contributed by atoms with Gasteiger partial charge in [-0.3, -0.25) is 4.99 Å². The molecule has 2 aliphatic rings. The second-order valence-electron chi connectivity index (χ2n) is 8.87. The zero-order chi connectivity index (χ0) is 22.5. The fourth-order valence-electron chi connectivity index (χ4n) is 4.43. The number of hydrogen-bond donors (Lipinski definition) is 1. The van der Waals surface area contributed by atoms with Crippen molar-refractivity contribution >= 4 is 11.4 Å². The van der Waals surface area contributed by atoms with Gasteiger partial charge in [0.15, 0.2) is 11.6 Å². The molecule has 0 spiro atoms. The molecular formula is C27H32F2N2O. The summed E-state index contributed by atoms with van der Waals surface area (Å²) >= 11 is 0. The number of rotatable bonds is 7. The van der Waals surface area contributed by atoms with Gasteiger partial charge in [0.2, 0.25) is 0 Å². The average Bonchev–Trinajstić information content (AvgIpc) is 2.84. The Morgan fingerprint density at radius 2 is 1.84 bits per heavy atom. The van der Waals surface area contributed by atoms with Gasteiger partial charge in [-0.15, -0.1) is 0 Å². The maximum atomic E-state index is 14.3. The van der Waals surface area contributed by atoms with Crippen LogP contribution in [-0.4, -0.2) is 19.0 Å². The Morgan fingerprint density at radius 3 is 2.50 bits per heavy atom. The molecule has 170 valence electrons. The molecule has 1 saturated heterocycles. The molecule has 0 amide bonds. The Kier molecular flexibility index (Phi) is 7.36. The van der Waals surface area contributed by atoms with E-state index in [0.717, 1.165) is 25.1 Å². The van der Waals surface area contributed by atoms with Gasteiger partial charge in [0.1, 0.15) is 5.84 Å². The number of unbranched alkanes of at least 4 members (excludes halogenated alkanes) is 2. The van der Waals surface area contributed by atoms with E-state index in [2.05, 4.69) is 41.5 Å². The van der Waals surface area contributed by atoms with Crippen molar-refractivity contribution in [1.29, 1.82) is 0 Å². The maximum Gasteiger partial charge on any atom is 0.166 e. The molecule has 1 N–H and O–H groups in total. The summed E-state index contributed by atoms with van der Waals surface area (Å²) in [5.74, 6) is -0.542. The fraction of sp³-hybridized carbons (Fsp3) is 0.444. The van der Waals surface area contributed by atoms with E-state index in [1.807, 2.05) is 0 Å². The van der Waals surface area contributed by atoms with Crippen molar-refractivity contribution in [1.82, 2.24) is 5.32 Å². The first-order valence-electron chi connectivity index (χ1n) is 11.7. The van der Waals surface area contributed by atoms with Crippen LogP contribution in [0.5, 0.6) is 0 Å². The van der Waals surface area contributed by atoms with Crippen LogP contribution in [0.2, 0.25) is 0 Å². The molecule has 2 aliphatic heterocycles. The second-order valence-corrected chi connectivity index (χ2v) is 8.87. The molecule has 4 rings (SSSR count). The van der Waals surface area contributed by atoms with Crippen molar-refractivity contribution in [3.63, 3.8) is 0 Å². The molecule has 1 fully saturated rings. The van der Waals surface area contributed by atoms with Crippen molar-refractivity contribution in [2.45, 2.75) is 58.5 Å². The second kappa shape index (κ2) is 10.4. The van der Waals surface area contributed by atoms with Crippen molar-refractivity contribution in [2.24, 2.45) is 10.9 Å². The lowest BCUT2D eigenvalue weighted by Crippen LogP contribution is -2.36. The molecule has 0 bridgehead atoms.